The highest BCUT2D eigenvalue weighted by atomic mass is 35.5. The van der Waals surface area contributed by atoms with Crippen LogP contribution in [0.5, 0.6) is 0 Å². The highest BCUT2D eigenvalue weighted by Gasteiger charge is 2.14. The molecule has 1 unspecified atom stereocenters. The van der Waals surface area contributed by atoms with Gasteiger partial charge in [0.05, 0.1) is 12.6 Å². The summed E-state index contributed by atoms with van der Waals surface area (Å²) in [5.74, 6) is 1.45. The minimum absolute atomic E-state index is 0.0816. The van der Waals surface area contributed by atoms with Crippen LogP contribution in [-0.4, -0.2) is 26.8 Å². The molecule has 5 nitrogen and oxygen atoms in total. The molecule has 0 aliphatic carbocycles. The summed E-state index contributed by atoms with van der Waals surface area (Å²) in [6.45, 7) is 8.04. The van der Waals surface area contributed by atoms with Crippen LogP contribution < -0.4 is 5.32 Å². The van der Waals surface area contributed by atoms with E-state index >= 15 is 0 Å². The second-order valence-electron chi connectivity index (χ2n) is 5.29. The minimum Gasteiger partial charge on any atom is -0.310 e. The van der Waals surface area contributed by atoms with Crippen LogP contribution in [0.3, 0.4) is 0 Å². The van der Waals surface area contributed by atoms with Crippen LogP contribution in [-0.2, 0) is 6.54 Å². The SMILES string of the molecule is CC(C)CNCc1nnnn1C(C)c1ccc(Cl)cc1. The second-order valence-corrected chi connectivity index (χ2v) is 5.73. The van der Waals surface area contributed by atoms with Crippen molar-refractivity contribution in [1.29, 1.82) is 0 Å². The largest absolute Gasteiger partial charge is 0.310 e. The van der Waals surface area contributed by atoms with E-state index in [4.69, 9.17) is 11.6 Å². The van der Waals surface area contributed by atoms with E-state index in [1.807, 2.05) is 28.9 Å². The van der Waals surface area contributed by atoms with Gasteiger partial charge < -0.3 is 5.32 Å². The topological polar surface area (TPSA) is 55.6 Å². The van der Waals surface area contributed by atoms with Crippen molar-refractivity contribution in [3.05, 3.63) is 40.7 Å². The molecule has 0 fully saturated rings. The van der Waals surface area contributed by atoms with Crippen molar-refractivity contribution in [2.24, 2.45) is 5.92 Å². The zero-order valence-corrected chi connectivity index (χ0v) is 12.8. The maximum atomic E-state index is 5.91. The predicted octanol–water partition coefficient (Wildman–Crippen LogP) is 2.68. The molecule has 2 aromatic rings. The number of nitrogens with one attached hydrogen (secondary N) is 1. The van der Waals surface area contributed by atoms with E-state index in [0.29, 0.717) is 12.5 Å². The fraction of sp³-hybridized carbons (Fsp3) is 0.500. The van der Waals surface area contributed by atoms with Crippen LogP contribution in [0.2, 0.25) is 5.02 Å². The molecular formula is C14H20ClN5. The summed E-state index contributed by atoms with van der Waals surface area (Å²) in [7, 11) is 0. The average molecular weight is 294 g/mol. The van der Waals surface area contributed by atoms with Gasteiger partial charge in [-0.25, -0.2) is 4.68 Å². The lowest BCUT2D eigenvalue weighted by molar-refractivity contribution is 0.488. The zero-order valence-electron chi connectivity index (χ0n) is 12.0. The van der Waals surface area contributed by atoms with Gasteiger partial charge in [0.2, 0.25) is 0 Å². The van der Waals surface area contributed by atoms with Gasteiger partial charge in [-0.1, -0.05) is 37.6 Å². The molecule has 0 saturated heterocycles. The van der Waals surface area contributed by atoms with Gasteiger partial charge in [-0.05, 0) is 47.5 Å². The molecule has 0 aliphatic heterocycles. The lowest BCUT2D eigenvalue weighted by Crippen LogP contribution is -2.23. The highest BCUT2D eigenvalue weighted by Crippen LogP contribution is 2.19. The zero-order chi connectivity index (χ0) is 14.5. The maximum absolute atomic E-state index is 5.91. The van der Waals surface area contributed by atoms with E-state index < -0.39 is 0 Å². The molecule has 0 amide bonds. The Morgan fingerprint density at radius 3 is 2.55 bits per heavy atom. The number of aromatic nitrogens is 4. The van der Waals surface area contributed by atoms with Gasteiger partial charge in [0, 0.05) is 5.02 Å². The van der Waals surface area contributed by atoms with Crippen LogP contribution in [0.25, 0.3) is 0 Å². The molecule has 1 heterocycles. The van der Waals surface area contributed by atoms with Gasteiger partial charge in [-0.3, -0.25) is 0 Å². The van der Waals surface area contributed by atoms with E-state index in [-0.39, 0.29) is 6.04 Å². The van der Waals surface area contributed by atoms with Gasteiger partial charge in [0.1, 0.15) is 0 Å². The van der Waals surface area contributed by atoms with Crippen molar-refractivity contribution in [3.8, 4) is 0 Å². The third-order valence-corrected chi connectivity index (χ3v) is 3.37. The minimum atomic E-state index is 0.0816. The van der Waals surface area contributed by atoms with Gasteiger partial charge in [0.25, 0.3) is 0 Å². The average Bonchev–Trinajstić information content (AvgIpc) is 2.87. The van der Waals surface area contributed by atoms with Crippen LogP contribution in [0.15, 0.2) is 24.3 Å². The summed E-state index contributed by atoms with van der Waals surface area (Å²) in [6.07, 6.45) is 0. The van der Waals surface area contributed by atoms with Crippen LogP contribution >= 0.6 is 11.6 Å². The van der Waals surface area contributed by atoms with Crippen LogP contribution in [0.4, 0.5) is 0 Å². The Hall–Kier alpha value is -1.46. The van der Waals surface area contributed by atoms with Crippen molar-refractivity contribution >= 4 is 11.6 Å². The summed E-state index contributed by atoms with van der Waals surface area (Å²) in [6, 6.07) is 7.85. The molecule has 0 bridgehead atoms. The molecule has 0 spiro atoms. The number of hydrogen-bond acceptors (Lipinski definition) is 4. The molecular weight excluding hydrogens is 274 g/mol. The molecule has 6 heteroatoms. The normalized spacial score (nSPS) is 12.8. The summed E-state index contributed by atoms with van der Waals surface area (Å²) < 4.78 is 1.84. The first-order valence-corrected chi connectivity index (χ1v) is 7.18. The molecule has 1 N–H and O–H groups in total. The standard InChI is InChI=1S/C14H20ClN5/c1-10(2)8-16-9-14-17-18-19-20(14)11(3)12-4-6-13(15)7-5-12/h4-7,10-11,16H,8-9H2,1-3H3. The van der Waals surface area contributed by atoms with E-state index in [9.17, 15) is 0 Å². The molecule has 108 valence electrons. The summed E-state index contributed by atoms with van der Waals surface area (Å²) in [4.78, 5) is 0. The van der Waals surface area contributed by atoms with E-state index in [1.54, 1.807) is 0 Å². The third-order valence-electron chi connectivity index (χ3n) is 3.12. The van der Waals surface area contributed by atoms with Crippen molar-refractivity contribution in [1.82, 2.24) is 25.5 Å². The summed E-state index contributed by atoms with van der Waals surface area (Å²) in [5, 5.41) is 16.1. The maximum Gasteiger partial charge on any atom is 0.165 e. The second kappa shape index (κ2) is 6.81. The van der Waals surface area contributed by atoms with Crippen LogP contribution in [0, 0.1) is 5.92 Å². The van der Waals surface area contributed by atoms with Crippen molar-refractivity contribution in [3.63, 3.8) is 0 Å². The number of hydrogen-bond donors (Lipinski definition) is 1. The predicted molar refractivity (Wildman–Crippen MR) is 79.6 cm³/mol. The number of nitrogens with zero attached hydrogens (tertiary/aromatic N) is 4. The number of halogens is 1. The number of rotatable bonds is 6. The first kappa shape index (κ1) is 14.9. The fourth-order valence-corrected chi connectivity index (χ4v) is 2.11. The molecule has 0 radical (unpaired) electrons. The Morgan fingerprint density at radius 1 is 1.20 bits per heavy atom. The van der Waals surface area contributed by atoms with Gasteiger partial charge >= 0.3 is 0 Å². The smallest absolute Gasteiger partial charge is 0.165 e. The Bertz CT molecular complexity index is 535. The van der Waals surface area contributed by atoms with Crippen molar-refractivity contribution in [2.45, 2.75) is 33.4 Å². The van der Waals surface area contributed by atoms with Gasteiger partial charge in [0.15, 0.2) is 5.82 Å². The molecule has 1 atom stereocenters. The monoisotopic (exact) mass is 293 g/mol. The fourth-order valence-electron chi connectivity index (χ4n) is 1.98. The van der Waals surface area contributed by atoms with Crippen molar-refractivity contribution < 1.29 is 0 Å². The van der Waals surface area contributed by atoms with E-state index in [1.165, 1.54) is 0 Å². The Balaban J connectivity index is 2.08. The Labute approximate surface area is 124 Å². The molecule has 1 aromatic heterocycles. The first-order chi connectivity index (χ1) is 9.58. The van der Waals surface area contributed by atoms with Crippen LogP contribution in [0.1, 0.15) is 38.2 Å². The Kier molecular flexibility index (Phi) is 5.09. The summed E-state index contributed by atoms with van der Waals surface area (Å²) in [5.41, 5.74) is 1.13. The molecule has 1 aromatic carbocycles. The van der Waals surface area contributed by atoms with E-state index in [0.717, 1.165) is 23.0 Å². The molecule has 2 rings (SSSR count). The molecule has 20 heavy (non-hydrogen) atoms. The summed E-state index contributed by atoms with van der Waals surface area (Å²) >= 11 is 5.91. The third kappa shape index (κ3) is 3.77. The van der Waals surface area contributed by atoms with Crippen molar-refractivity contribution in [2.75, 3.05) is 6.54 Å². The molecule has 0 aliphatic rings. The quantitative estimate of drug-likeness (QED) is 0.890. The van der Waals surface area contributed by atoms with Gasteiger partial charge in [-0.15, -0.1) is 5.10 Å². The number of benzene rings is 1. The number of tetrazole rings is 1. The Morgan fingerprint density at radius 2 is 1.90 bits per heavy atom. The highest BCUT2D eigenvalue weighted by molar-refractivity contribution is 6.30. The van der Waals surface area contributed by atoms with Gasteiger partial charge in [-0.2, -0.15) is 0 Å². The molecule has 0 saturated carbocycles. The van der Waals surface area contributed by atoms with E-state index in [2.05, 4.69) is 41.6 Å². The lowest BCUT2D eigenvalue weighted by Gasteiger charge is -2.14. The lowest BCUT2D eigenvalue weighted by atomic mass is 10.1. The first-order valence-electron chi connectivity index (χ1n) is 6.81.